The van der Waals surface area contributed by atoms with Crippen LogP contribution in [0, 0.1) is 10.1 Å². The summed E-state index contributed by atoms with van der Waals surface area (Å²) in [5.74, 6) is -2.50. The van der Waals surface area contributed by atoms with Crippen molar-refractivity contribution >= 4 is 47.5 Å². The molecular formula is C6H14NNaO8. The molecule has 0 aliphatic rings. The molecule has 0 saturated heterocycles. The average molecular weight is 251 g/mol. The fourth-order valence-electron chi connectivity index (χ4n) is 0. The first kappa shape index (κ1) is 29.3. The zero-order valence-electron chi connectivity index (χ0n) is 8.38. The number of carboxylic acid groups (broad SMARTS) is 3. The van der Waals surface area contributed by atoms with E-state index in [4.69, 9.17) is 39.8 Å². The van der Waals surface area contributed by atoms with Gasteiger partial charge in [0.15, 0.2) is 0 Å². The van der Waals surface area contributed by atoms with Gasteiger partial charge in [-0.1, -0.05) is 0 Å². The molecule has 0 amide bonds. The van der Waals surface area contributed by atoms with Gasteiger partial charge in [0.05, 0.1) is 0 Å². The molecule has 0 aromatic rings. The molecule has 92 valence electrons. The second kappa shape index (κ2) is 29.2. The Bertz CT molecular complexity index is 154. The van der Waals surface area contributed by atoms with Gasteiger partial charge in [0.1, 0.15) is 0 Å². The number of aliphatic carboxylic acids is 3. The molecule has 0 radical (unpaired) electrons. The van der Waals surface area contributed by atoms with E-state index in [0.29, 0.717) is 0 Å². The van der Waals surface area contributed by atoms with Gasteiger partial charge >= 0.3 is 29.6 Å². The summed E-state index contributed by atoms with van der Waals surface area (Å²) in [7, 11) is 0. The van der Waals surface area contributed by atoms with E-state index in [2.05, 4.69) is 0 Å². The van der Waals surface area contributed by atoms with Crippen molar-refractivity contribution in [3.05, 3.63) is 10.1 Å². The van der Waals surface area contributed by atoms with Gasteiger partial charge in [-0.3, -0.25) is 24.5 Å². The SMILES string of the molecule is CC(=O)O.CC(=O)O.CC(=O)O.O=[NH+][O-].[NaH]. The molecule has 0 aromatic heterocycles. The Balaban J connectivity index is -0.0000000331. The van der Waals surface area contributed by atoms with Crippen molar-refractivity contribution in [1.82, 2.24) is 0 Å². The van der Waals surface area contributed by atoms with Crippen molar-refractivity contribution < 1.29 is 35.0 Å². The van der Waals surface area contributed by atoms with E-state index >= 15 is 0 Å². The van der Waals surface area contributed by atoms with Crippen molar-refractivity contribution in [2.75, 3.05) is 0 Å². The van der Waals surface area contributed by atoms with Gasteiger partial charge in [-0.2, -0.15) is 0 Å². The molecule has 0 spiro atoms. The fraction of sp³-hybridized carbons (Fsp3) is 0.500. The molecule has 4 N–H and O–H groups in total. The molecule has 0 aromatic carbocycles. The first-order valence-corrected chi connectivity index (χ1v) is 3.19. The molecular weight excluding hydrogens is 237 g/mol. The van der Waals surface area contributed by atoms with Gasteiger partial charge in [0.2, 0.25) is 0 Å². The van der Waals surface area contributed by atoms with Crippen LogP contribution in [0.25, 0.3) is 0 Å². The van der Waals surface area contributed by atoms with Crippen molar-refractivity contribution in [1.29, 1.82) is 0 Å². The Labute approximate surface area is 113 Å². The standard InChI is InChI=1S/3C2H4O2.HNO2.Na.H/c3*1-2(3)4;2-1-3;;/h3*1H3,(H,3,4);1H;;. The van der Waals surface area contributed by atoms with Crippen LogP contribution in [0.4, 0.5) is 0 Å². The van der Waals surface area contributed by atoms with E-state index in [9.17, 15) is 0 Å². The number of carboxylic acids is 3. The summed E-state index contributed by atoms with van der Waals surface area (Å²) in [4.78, 5) is 35.1. The van der Waals surface area contributed by atoms with E-state index < -0.39 is 17.9 Å². The van der Waals surface area contributed by atoms with Crippen LogP contribution in [0.5, 0.6) is 0 Å². The Morgan fingerprint density at radius 3 is 0.875 bits per heavy atom. The molecule has 10 heteroatoms. The van der Waals surface area contributed by atoms with Crippen molar-refractivity contribution in [2.24, 2.45) is 0 Å². The molecule has 0 aliphatic carbocycles. The molecule has 16 heavy (non-hydrogen) atoms. The topological polar surface area (TPSA) is 166 Å². The Morgan fingerprint density at radius 2 is 0.875 bits per heavy atom. The predicted molar refractivity (Wildman–Crippen MR) is 54.8 cm³/mol. The third-order valence-corrected chi connectivity index (χ3v) is 0. The van der Waals surface area contributed by atoms with Gasteiger partial charge < -0.3 is 15.3 Å². The molecule has 0 atom stereocenters. The Morgan fingerprint density at radius 1 is 0.875 bits per heavy atom. The van der Waals surface area contributed by atoms with Crippen LogP contribution >= 0.6 is 0 Å². The van der Waals surface area contributed by atoms with Gasteiger partial charge in [0.25, 0.3) is 17.9 Å². The second-order valence-corrected chi connectivity index (χ2v) is 1.64. The number of hydrogen-bond acceptors (Lipinski definition) is 5. The van der Waals surface area contributed by atoms with Crippen LogP contribution in [0.15, 0.2) is 0 Å². The van der Waals surface area contributed by atoms with Crippen LogP contribution < -0.4 is 5.34 Å². The number of carbonyl (C=O) groups is 3. The van der Waals surface area contributed by atoms with Crippen molar-refractivity contribution in [3.8, 4) is 0 Å². The normalized spacial score (nSPS) is 5.44. The molecule has 0 heterocycles. The van der Waals surface area contributed by atoms with Gasteiger partial charge in [-0.25, -0.2) is 0 Å². The first-order valence-electron chi connectivity index (χ1n) is 3.19. The third kappa shape index (κ3) is 1260. The zero-order chi connectivity index (χ0) is 13.4. The molecule has 0 rings (SSSR count). The summed E-state index contributed by atoms with van der Waals surface area (Å²) in [5, 5.41) is 30.6. The maximum atomic E-state index is 9.00. The fourth-order valence-corrected chi connectivity index (χ4v) is 0. The number of nitrogens with one attached hydrogen (secondary N) is 1. The Kier molecular flexibility index (Phi) is 53.6. The number of rotatable bonds is 0. The van der Waals surface area contributed by atoms with Crippen LogP contribution in [-0.2, 0) is 14.4 Å². The average Bonchev–Trinajstić information content (AvgIpc) is 1.81. The first-order chi connectivity index (χ1) is 6.61. The van der Waals surface area contributed by atoms with Crippen LogP contribution in [0.1, 0.15) is 20.8 Å². The molecule has 0 fully saturated rings. The second-order valence-electron chi connectivity index (χ2n) is 1.64. The summed E-state index contributed by atoms with van der Waals surface area (Å²) in [6, 6.07) is 0. The van der Waals surface area contributed by atoms with E-state index in [0.717, 1.165) is 20.8 Å². The minimum absolute atomic E-state index is 0. The van der Waals surface area contributed by atoms with E-state index in [1.807, 2.05) is 0 Å². The van der Waals surface area contributed by atoms with Gasteiger partial charge in [-0.05, 0) is 0 Å². The zero-order valence-corrected chi connectivity index (χ0v) is 8.38. The van der Waals surface area contributed by atoms with Gasteiger partial charge in [0, 0.05) is 26.1 Å². The quantitative estimate of drug-likeness (QED) is 0.217. The number of hydrogen-bond donors (Lipinski definition) is 4. The molecule has 0 bridgehead atoms. The molecule has 0 aliphatic heterocycles. The summed E-state index contributed by atoms with van der Waals surface area (Å²) in [5.41, 5.74) is 0. The summed E-state index contributed by atoms with van der Waals surface area (Å²) < 4.78 is 0. The molecule has 0 unspecified atom stereocenters. The monoisotopic (exact) mass is 251 g/mol. The van der Waals surface area contributed by atoms with Crippen LogP contribution in [0.3, 0.4) is 0 Å². The predicted octanol–water partition coefficient (Wildman–Crippen LogP) is -2.04. The maximum absolute atomic E-state index is 9.00. The van der Waals surface area contributed by atoms with Crippen LogP contribution in [-0.4, -0.2) is 62.8 Å². The van der Waals surface area contributed by atoms with E-state index in [1.54, 1.807) is 0 Å². The summed E-state index contributed by atoms with van der Waals surface area (Å²) >= 11 is 0. The van der Waals surface area contributed by atoms with E-state index in [1.165, 1.54) is 0 Å². The third-order valence-electron chi connectivity index (χ3n) is 0. The van der Waals surface area contributed by atoms with Crippen LogP contribution in [0.2, 0.25) is 0 Å². The Hall–Kier alpha value is -1.19. The summed E-state index contributed by atoms with van der Waals surface area (Å²) in [6.07, 6.45) is 0. The molecule has 0 saturated carbocycles. The van der Waals surface area contributed by atoms with E-state index in [-0.39, 0.29) is 34.9 Å². The molecule has 9 nitrogen and oxygen atoms in total. The minimum atomic E-state index is -0.833. The summed E-state index contributed by atoms with van der Waals surface area (Å²) in [6.45, 7) is 3.25. The van der Waals surface area contributed by atoms with Crippen molar-refractivity contribution in [3.63, 3.8) is 0 Å². The van der Waals surface area contributed by atoms with Crippen molar-refractivity contribution in [2.45, 2.75) is 20.8 Å². The van der Waals surface area contributed by atoms with Gasteiger partial charge in [-0.15, -0.1) is 0 Å².